The predicted molar refractivity (Wildman–Crippen MR) is 81.3 cm³/mol. The van der Waals surface area contributed by atoms with Crippen LogP contribution in [0.15, 0.2) is 30.5 Å². The van der Waals surface area contributed by atoms with Crippen molar-refractivity contribution in [1.82, 2.24) is 4.57 Å². The van der Waals surface area contributed by atoms with Gasteiger partial charge in [0, 0.05) is 23.5 Å². The lowest BCUT2D eigenvalue weighted by molar-refractivity contribution is 0.0696. The Morgan fingerprint density at radius 2 is 1.71 bits per heavy atom. The van der Waals surface area contributed by atoms with E-state index >= 15 is 0 Å². The minimum Gasteiger partial charge on any atom is -0.478 e. The molecule has 0 spiro atoms. The van der Waals surface area contributed by atoms with Crippen molar-refractivity contribution in [3.05, 3.63) is 47.5 Å². The van der Waals surface area contributed by atoms with Crippen LogP contribution in [0.5, 0.6) is 0 Å². The van der Waals surface area contributed by atoms with Gasteiger partial charge in [0.1, 0.15) is 5.82 Å². The molecule has 0 saturated carbocycles. The number of aromatic carboxylic acids is 1. The second kappa shape index (κ2) is 5.72. The third kappa shape index (κ3) is 2.84. The zero-order valence-corrected chi connectivity index (χ0v) is 12.7. The standard InChI is InChI=1S/C17H20FNO2/c1-10(2)16-15(17(20)21)14(9-19(16)11(3)4)12-5-7-13(18)8-6-12/h5-11H,1-4H3,(H,20,21). The van der Waals surface area contributed by atoms with Gasteiger partial charge in [0.05, 0.1) is 5.56 Å². The van der Waals surface area contributed by atoms with E-state index in [-0.39, 0.29) is 17.8 Å². The SMILES string of the molecule is CC(C)c1c(C(=O)O)c(-c2ccc(F)cc2)cn1C(C)C. The second-order valence-electron chi connectivity index (χ2n) is 5.77. The average Bonchev–Trinajstić information content (AvgIpc) is 2.80. The van der Waals surface area contributed by atoms with Crippen LogP contribution in [-0.4, -0.2) is 15.6 Å². The van der Waals surface area contributed by atoms with E-state index in [0.29, 0.717) is 11.1 Å². The number of halogens is 1. The number of carbonyl (C=O) groups is 1. The molecule has 4 heteroatoms. The molecule has 0 bridgehead atoms. The Kier molecular flexibility index (Phi) is 4.16. The molecule has 2 rings (SSSR count). The zero-order valence-electron chi connectivity index (χ0n) is 12.7. The fourth-order valence-corrected chi connectivity index (χ4v) is 2.63. The number of hydrogen-bond acceptors (Lipinski definition) is 1. The van der Waals surface area contributed by atoms with Crippen molar-refractivity contribution in [3.63, 3.8) is 0 Å². The summed E-state index contributed by atoms with van der Waals surface area (Å²) in [4.78, 5) is 11.7. The van der Waals surface area contributed by atoms with Gasteiger partial charge in [0.2, 0.25) is 0 Å². The highest BCUT2D eigenvalue weighted by molar-refractivity contribution is 5.97. The Balaban J connectivity index is 2.73. The molecule has 0 unspecified atom stereocenters. The largest absolute Gasteiger partial charge is 0.478 e. The minimum atomic E-state index is -0.947. The van der Waals surface area contributed by atoms with Crippen molar-refractivity contribution in [3.8, 4) is 11.1 Å². The summed E-state index contributed by atoms with van der Waals surface area (Å²) in [7, 11) is 0. The van der Waals surface area contributed by atoms with Gasteiger partial charge in [-0.25, -0.2) is 9.18 Å². The Hall–Kier alpha value is -2.10. The van der Waals surface area contributed by atoms with E-state index in [1.54, 1.807) is 12.1 Å². The van der Waals surface area contributed by atoms with Crippen LogP contribution in [0.2, 0.25) is 0 Å². The quantitative estimate of drug-likeness (QED) is 0.886. The van der Waals surface area contributed by atoms with Crippen LogP contribution in [0.4, 0.5) is 4.39 Å². The average molecular weight is 289 g/mol. The van der Waals surface area contributed by atoms with E-state index in [0.717, 1.165) is 11.3 Å². The summed E-state index contributed by atoms with van der Waals surface area (Å²) in [6.45, 7) is 8.00. The molecule has 3 nitrogen and oxygen atoms in total. The van der Waals surface area contributed by atoms with Gasteiger partial charge in [-0.15, -0.1) is 0 Å². The normalized spacial score (nSPS) is 11.4. The topological polar surface area (TPSA) is 42.2 Å². The lowest BCUT2D eigenvalue weighted by Crippen LogP contribution is -2.10. The molecule has 1 aromatic heterocycles. The molecule has 21 heavy (non-hydrogen) atoms. The van der Waals surface area contributed by atoms with Crippen LogP contribution in [-0.2, 0) is 0 Å². The highest BCUT2D eigenvalue weighted by atomic mass is 19.1. The number of benzene rings is 1. The minimum absolute atomic E-state index is 0.0905. The Bertz CT molecular complexity index is 654. The number of carboxylic acid groups (broad SMARTS) is 1. The van der Waals surface area contributed by atoms with Gasteiger partial charge in [0.25, 0.3) is 0 Å². The van der Waals surface area contributed by atoms with Gasteiger partial charge in [0.15, 0.2) is 0 Å². The maximum Gasteiger partial charge on any atom is 0.338 e. The van der Waals surface area contributed by atoms with Crippen molar-refractivity contribution in [2.75, 3.05) is 0 Å². The molecule has 0 saturated heterocycles. The molecule has 0 aliphatic carbocycles. The molecule has 2 aromatic rings. The number of hydrogen-bond donors (Lipinski definition) is 1. The van der Waals surface area contributed by atoms with Crippen LogP contribution in [0.1, 0.15) is 55.7 Å². The first-order chi connectivity index (χ1) is 9.82. The molecule has 0 aliphatic heterocycles. The van der Waals surface area contributed by atoms with Crippen molar-refractivity contribution in [1.29, 1.82) is 0 Å². The summed E-state index contributed by atoms with van der Waals surface area (Å²) in [6.07, 6.45) is 1.86. The first kappa shape index (κ1) is 15.3. The van der Waals surface area contributed by atoms with E-state index in [1.807, 2.05) is 38.5 Å². The van der Waals surface area contributed by atoms with Crippen molar-refractivity contribution < 1.29 is 14.3 Å². The highest BCUT2D eigenvalue weighted by Gasteiger charge is 2.25. The fraction of sp³-hybridized carbons (Fsp3) is 0.353. The maximum atomic E-state index is 13.1. The Morgan fingerprint density at radius 3 is 2.14 bits per heavy atom. The van der Waals surface area contributed by atoms with Gasteiger partial charge >= 0.3 is 5.97 Å². The van der Waals surface area contributed by atoms with Gasteiger partial charge in [-0.1, -0.05) is 26.0 Å². The van der Waals surface area contributed by atoms with Crippen LogP contribution in [0.3, 0.4) is 0 Å². The van der Waals surface area contributed by atoms with Gasteiger partial charge in [-0.3, -0.25) is 0 Å². The van der Waals surface area contributed by atoms with Crippen molar-refractivity contribution in [2.24, 2.45) is 0 Å². The molecule has 112 valence electrons. The summed E-state index contributed by atoms with van der Waals surface area (Å²) in [5.74, 6) is -1.19. The van der Waals surface area contributed by atoms with Crippen LogP contribution < -0.4 is 0 Å². The molecule has 1 heterocycles. The van der Waals surface area contributed by atoms with Gasteiger partial charge in [-0.2, -0.15) is 0 Å². The molecule has 0 atom stereocenters. The Labute approximate surface area is 124 Å². The maximum absolute atomic E-state index is 13.1. The van der Waals surface area contributed by atoms with E-state index in [9.17, 15) is 14.3 Å². The molecule has 1 N–H and O–H groups in total. The lowest BCUT2D eigenvalue weighted by Gasteiger charge is -2.16. The number of aromatic nitrogens is 1. The molecular weight excluding hydrogens is 269 g/mol. The van der Waals surface area contributed by atoms with Gasteiger partial charge < -0.3 is 9.67 Å². The summed E-state index contributed by atoms with van der Waals surface area (Å²) < 4.78 is 15.1. The van der Waals surface area contributed by atoms with Crippen molar-refractivity contribution >= 4 is 5.97 Å². The smallest absolute Gasteiger partial charge is 0.338 e. The van der Waals surface area contributed by atoms with Gasteiger partial charge in [-0.05, 0) is 37.5 Å². The van der Waals surface area contributed by atoms with Crippen LogP contribution in [0.25, 0.3) is 11.1 Å². The zero-order chi connectivity index (χ0) is 15.7. The fourth-order valence-electron chi connectivity index (χ4n) is 2.63. The highest BCUT2D eigenvalue weighted by Crippen LogP contribution is 2.34. The van der Waals surface area contributed by atoms with E-state index < -0.39 is 5.97 Å². The number of nitrogens with zero attached hydrogens (tertiary/aromatic N) is 1. The molecule has 0 aliphatic rings. The number of rotatable bonds is 4. The third-order valence-electron chi connectivity index (χ3n) is 3.54. The van der Waals surface area contributed by atoms with Crippen LogP contribution >= 0.6 is 0 Å². The molecule has 1 aromatic carbocycles. The Morgan fingerprint density at radius 1 is 1.14 bits per heavy atom. The summed E-state index contributed by atoms with van der Waals surface area (Å²) >= 11 is 0. The molecular formula is C17H20FNO2. The molecule has 0 fully saturated rings. The lowest BCUT2D eigenvalue weighted by atomic mass is 9.98. The summed E-state index contributed by atoms with van der Waals surface area (Å²) in [5, 5.41) is 9.62. The first-order valence-corrected chi connectivity index (χ1v) is 7.06. The third-order valence-corrected chi connectivity index (χ3v) is 3.54. The summed E-state index contributed by atoms with van der Waals surface area (Å²) in [5.41, 5.74) is 2.47. The predicted octanol–water partition coefficient (Wildman–Crippen LogP) is 4.70. The molecule has 0 radical (unpaired) electrons. The summed E-state index contributed by atoms with van der Waals surface area (Å²) in [6, 6.07) is 6.10. The monoisotopic (exact) mass is 289 g/mol. The van der Waals surface area contributed by atoms with E-state index in [2.05, 4.69) is 0 Å². The second-order valence-corrected chi connectivity index (χ2v) is 5.77. The number of carboxylic acids is 1. The molecule has 0 amide bonds. The van der Waals surface area contributed by atoms with E-state index in [4.69, 9.17) is 0 Å². The van der Waals surface area contributed by atoms with E-state index in [1.165, 1.54) is 12.1 Å². The van der Waals surface area contributed by atoms with Crippen molar-refractivity contribution in [2.45, 2.75) is 39.7 Å². The van der Waals surface area contributed by atoms with Crippen LogP contribution in [0, 0.1) is 5.82 Å². The first-order valence-electron chi connectivity index (χ1n) is 7.06.